The predicted molar refractivity (Wildman–Crippen MR) is 125 cm³/mol. The van der Waals surface area contributed by atoms with Crippen molar-refractivity contribution >= 4 is 18.2 Å². The van der Waals surface area contributed by atoms with Crippen molar-refractivity contribution in [2.24, 2.45) is 0 Å². The summed E-state index contributed by atoms with van der Waals surface area (Å²) in [5.41, 5.74) is 3.56. The number of fused-ring (bicyclic) bond motifs is 3. The first-order chi connectivity index (χ1) is 16.2. The van der Waals surface area contributed by atoms with Gasteiger partial charge in [0.05, 0.1) is 0 Å². The second kappa shape index (κ2) is 10.9. The van der Waals surface area contributed by atoms with E-state index in [1.807, 2.05) is 48.5 Å². The highest BCUT2D eigenvalue weighted by atomic mass is 16.7. The summed E-state index contributed by atoms with van der Waals surface area (Å²) in [6, 6.07) is 14.6. The van der Waals surface area contributed by atoms with Gasteiger partial charge in [-0.3, -0.25) is 0 Å². The van der Waals surface area contributed by atoms with Crippen molar-refractivity contribution < 1.29 is 33.3 Å². The predicted octanol–water partition coefficient (Wildman–Crippen LogP) is 4.57. The van der Waals surface area contributed by atoms with Crippen molar-refractivity contribution in [1.29, 1.82) is 0 Å². The fourth-order valence-electron chi connectivity index (χ4n) is 3.64. The highest BCUT2D eigenvalue weighted by Crippen LogP contribution is 2.44. The summed E-state index contributed by atoms with van der Waals surface area (Å²) in [4.78, 5) is 36.7. The van der Waals surface area contributed by atoms with E-state index in [0.717, 1.165) is 22.3 Å². The molecule has 3 rings (SSSR count). The molecule has 1 aliphatic rings. The Hall–Kier alpha value is -3.81. The molecule has 8 nitrogen and oxygen atoms in total. The quantitative estimate of drug-likeness (QED) is 0.345. The topological polar surface area (TPSA) is 100 Å². The van der Waals surface area contributed by atoms with Crippen LogP contribution in [0, 0.1) is 0 Å². The van der Waals surface area contributed by atoms with Crippen LogP contribution < -0.4 is 5.32 Å². The molecule has 0 aromatic heterocycles. The minimum Gasteiger partial charge on any atom is -0.460 e. The largest absolute Gasteiger partial charge is 0.508 e. The van der Waals surface area contributed by atoms with Gasteiger partial charge < -0.3 is 24.3 Å². The highest BCUT2D eigenvalue weighted by Gasteiger charge is 2.30. The summed E-state index contributed by atoms with van der Waals surface area (Å²) >= 11 is 0. The smallest absolute Gasteiger partial charge is 0.460 e. The van der Waals surface area contributed by atoms with Crippen LogP contribution in [0.1, 0.15) is 37.8 Å². The summed E-state index contributed by atoms with van der Waals surface area (Å²) in [6.45, 7) is 8.06. The van der Waals surface area contributed by atoms with Gasteiger partial charge in [-0.15, -0.1) is 0 Å². The second-order valence-electron chi connectivity index (χ2n) is 8.72. The number of carbonyl (C=O) groups excluding carboxylic acids is 3. The van der Waals surface area contributed by atoms with Crippen molar-refractivity contribution in [3.8, 4) is 11.1 Å². The molecule has 1 aliphatic carbocycles. The molecule has 1 amide bonds. The fraction of sp³-hybridized carbons (Fsp3) is 0.346. The van der Waals surface area contributed by atoms with Crippen LogP contribution in [0.5, 0.6) is 0 Å². The zero-order valence-corrected chi connectivity index (χ0v) is 19.5. The Kier molecular flexibility index (Phi) is 7.94. The number of benzene rings is 2. The average Bonchev–Trinajstić information content (AvgIpc) is 3.11. The Morgan fingerprint density at radius 2 is 1.56 bits per heavy atom. The maximum absolute atomic E-state index is 12.3. The molecule has 0 spiro atoms. The van der Waals surface area contributed by atoms with Gasteiger partial charge >= 0.3 is 18.2 Å². The maximum atomic E-state index is 12.3. The third-order valence-electron chi connectivity index (χ3n) is 5.02. The third-order valence-corrected chi connectivity index (χ3v) is 5.02. The molecular formula is C26H29NO7. The molecule has 0 heterocycles. The van der Waals surface area contributed by atoms with Crippen LogP contribution in [-0.2, 0) is 23.7 Å². The number of nitrogens with one attached hydrogen (secondary N) is 1. The second-order valence-corrected chi connectivity index (χ2v) is 8.72. The lowest BCUT2D eigenvalue weighted by atomic mass is 9.98. The van der Waals surface area contributed by atoms with E-state index in [-0.39, 0.29) is 19.1 Å². The van der Waals surface area contributed by atoms with E-state index in [1.165, 1.54) is 6.08 Å². The number of carbonyl (C=O) groups is 3. The molecule has 1 N–H and O–H groups in total. The Bertz CT molecular complexity index is 1010. The first-order valence-corrected chi connectivity index (χ1v) is 10.9. The number of hydrogen-bond donors (Lipinski definition) is 1. The minimum absolute atomic E-state index is 0.0592. The molecule has 8 heteroatoms. The number of alkyl carbamates (subject to hydrolysis) is 1. The Morgan fingerprint density at radius 1 is 0.971 bits per heavy atom. The fourth-order valence-corrected chi connectivity index (χ4v) is 3.64. The van der Waals surface area contributed by atoms with Gasteiger partial charge in [0.15, 0.2) is 6.04 Å². The van der Waals surface area contributed by atoms with Crippen molar-refractivity contribution in [1.82, 2.24) is 5.32 Å². The molecule has 0 bridgehead atoms. The van der Waals surface area contributed by atoms with E-state index in [0.29, 0.717) is 0 Å². The Labute approximate surface area is 198 Å². The first-order valence-electron chi connectivity index (χ1n) is 10.9. The highest BCUT2D eigenvalue weighted by molar-refractivity contribution is 5.82. The van der Waals surface area contributed by atoms with Crippen LogP contribution in [0.2, 0.25) is 0 Å². The van der Waals surface area contributed by atoms with Gasteiger partial charge in [0.1, 0.15) is 25.4 Å². The Balaban J connectivity index is 1.60. The van der Waals surface area contributed by atoms with Crippen LogP contribution in [0.3, 0.4) is 0 Å². The SMILES string of the molecule is C=CCOC(=O)[C@H](COC(=O)OCC1c2ccccc2-c2ccccc21)NC(=O)OC(C)(C)C. The third kappa shape index (κ3) is 6.37. The van der Waals surface area contributed by atoms with Gasteiger partial charge in [0.25, 0.3) is 0 Å². The molecule has 0 fully saturated rings. The summed E-state index contributed by atoms with van der Waals surface area (Å²) in [5.74, 6) is -0.926. The molecule has 0 saturated heterocycles. The van der Waals surface area contributed by atoms with Crippen molar-refractivity contribution in [3.63, 3.8) is 0 Å². The lowest BCUT2D eigenvalue weighted by molar-refractivity contribution is -0.146. The van der Waals surface area contributed by atoms with Gasteiger partial charge in [0.2, 0.25) is 0 Å². The van der Waals surface area contributed by atoms with Gasteiger partial charge in [-0.25, -0.2) is 14.4 Å². The van der Waals surface area contributed by atoms with E-state index in [1.54, 1.807) is 20.8 Å². The van der Waals surface area contributed by atoms with Crippen LogP contribution in [0.4, 0.5) is 9.59 Å². The minimum atomic E-state index is -1.27. The van der Waals surface area contributed by atoms with E-state index < -0.39 is 36.5 Å². The zero-order valence-electron chi connectivity index (χ0n) is 19.5. The molecule has 2 aromatic carbocycles. The molecule has 180 valence electrons. The normalized spacial score (nSPS) is 13.1. The number of amides is 1. The molecule has 0 aliphatic heterocycles. The monoisotopic (exact) mass is 467 g/mol. The van der Waals surface area contributed by atoms with Gasteiger partial charge in [-0.05, 0) is 43.0 Å². The van der Waals surface area contributed by atoms with E-state index in [4.69, 9.17) is 18.9 Å². The molecule has 0 unspecified atom stereocenters. The van der Waals surface area contributed by atoms with Crippen LogP contribution in [-0.4, -0.2) is 49.7 Å². The van der Waals surface area contributed by atoms with Gasteiger partial charge in [-0.2, -0.15) is 0 Å². The summed E-state index contributed by atoms with van der Waals surface area (Å²) in [5, 5.41) is 2.36. The molecule has 0 saturated carbocycles. The molecule has 0 radical (unpaired) electrons. The van der Waals surface area contributed by atoms with Crippen LogP contribution >= 0.6 is 0 Å². The number of ether oxygens (including phenoxy) is 4. The van der Waals surface area contributed by atoms with Gasteiger partial charge in [-0.1, -0.05) is 61.2 Å². The van der Waals surface area contributed by atoms with Crippen LogP contribution in [0.25, 0.3) is 11.1 Å². The van der Waals surface area contributed by atoms with Crippen molar-refractivity contribution in [3.05, 3.63) is 72.3 Å². The van der Waals surface area contributed by atoms with E-state index in [9.17, 15) is 14.4 Å². The van der Waals surface area contributed by atoms with Crippen molar-refractivity contribution in [2.45, 2.75) is 38.3 Å². The maximum Gasteiger partial charge on any atom is 0.508 e. The lowest BCUT2D eigenvalue weighted by Gasteiger charge is -2.22. The zero-order chi connectivity index (χ0) is 24.7. The molecule has 2 aromatic rings. The molecule has 34 heavy (non-hydrogen) atoms. The van der Waals surface area contributed by atoms with E-state index in [2.05, 4.69) is 11.9 Å². The number of rotatable bonds is 8. The lowest BCUT2D eigenvalue weighted by Crippen LogP contribution is -2.47. The van der Waals surface area contributed by atoms with E-state index >= 15 is 0 Å². The molecule has 1 atom stereocenters. The summed E-state index contributed by atoms with van der Waals surface area (Å²) in [6.07, 6.45) is -0.423. The first kappa shape index (κ1) is 24.8. The number of hydrogen-bond acceptors (Lipinski definition) is 7. The molecular weight excluding hydrogens is 438 g/mol. The standard InChI is InChI=1S/C26H29NO7/c1-5-14-31-23(28)22(27-24(29)34-26(2,3)4)16-33-25(30)32-15-21-19-12-8-6-10-17(19)18-11-7-9-13-20(18)21/h5-13,21-22H,1,14-16H2,2-4H3,(H,27,29)/t22-/m0/s1. The Morgan fingerprint density at radius 3 is 2.12 bits per heavy atom. The van der Waals surface area contributed by atoms with Crippen molar-refractivity contribution in [2.75, 3.05) is 19.8 Å². The van der Waals surface area contributed by atoms with Crippen LogP contribution in [0.15, 0.2) is 61.2 Å². The summed E-state index contributed by atoms with van der Waals surface area (Å²) in [7, 11) is 0. The average molecular weight is 468 g/mol. The number of esters is 1. The van der Waals surface area contributed by atoms with Gasteiger partial charge in [0, 0.05) is 5.92 Å². The summed E-state index contributed by atoms with van der Waals surface area (Å²) < 4.78 is 20.6.